The van der Waals surface area contributed by atoms with Crippen molar-refractivity contribution in [2.75, 3.05) is 0 Å². The molecule has 2 aromatic rings. The zero-order valence-electron chi connectivity index (χ0n) is 7.91. The molecule has 0 radical (unpaired) electrons. The second-order valence-electron chi connectivity index (χ2n) is 2.90. The highest BCUT2D eigenvalue weighted by Gasteiger charge is 2.04. The Balaban J connectivity index is 2.53. The van der Waals surface area contributed by atoms with Gasteiger partial charge < -0.3 is 5.21 Å². The molecular weight excluding hydrogens is 190 g/mol. The molecule has 2 aromatic heterocycles. The van der Waals surface area contributed by atoms with E-state index in [9.17, 15) is 0 Å². The highest BCUT2D eigenvalue weighted by Crippen LogP contribution is 2.16. The van der Waals surface area contributed by atoms with Gasteiger partial charge in [0.1, 0.15) is 0 Å². The number of oxime groups is 1. The van der Waals surface area contributed by atoms with Crippen molar-refractivity contribution in [3.05, 3.63) is 48.3 Å². The maximum Gasteiger partial charge on any atom is 0.0975 e. The summed E-state index contributed by atoms with van der Waals surface area (Å²) in [5.74, 6) is 0. The number of hydrogen-bond acceptors (Lipinski definition) is 4. The lowest BCUT2D eigenvalue weighted by Crippen LogP contribution is -1.93. The quantitative estimate of drug-likeness (QED) is 0.457. The monoisotopic (exact) mass is 199 g/mol. The van der Waals surface area contributed by atoms with Crippen LogP contribution in [-0.2, 0) is 0 Å². The van der Waals surface area contributed by atoms with Crippen LogP contribution in [0.15, 0.2) is 47.9 Å². The smallest absolute Gasteiger partial charge is 0.0975 e. The molecule has 74 valence electrons. The van der Waals surface area contributed by atoms with E-state index in [-0.39, 0.29) is 0 Å². The summed E-state index contributed by atoms with van der Waals surface area (Å²) >= 11 is 0. The molecule has 0 aliphatic rings. The lowest BCUT2D eigenvalue weighted by Gasteiger charge is -2.02. The van der Waals surface area contributed by atoms with Crippen molar-refractivity contribution in [1.82, 2.24) is 9.97 Å². The fraction of sp³-hybridized carbons (Fsp3) is 0. The van der Waals surface area contributed by atoms with E-state index in [1.54, 1.807) is 18.5 Å². The fourth-order valence-electron chi connectivity index (χ4n) is 1.30. The van der Waals surface area contributed by atoms with Crippen LogP contribution >= 0.6 is 0 Å². The van der Waals surface area contributed by atoms with Crippen LogP contribution in [-0.4, -0.2) is 21.4 Å². The van der Waals surface area contributed by atoms with E-state index >= 15 is 0 Å². The Kier molecular flexibility index (Phi) is 2.69. The van der Waals surface area contributed by atoms with Gasteiger partial charge in [0.2, 0.25) is 0 Å². The van der Waals surface area contributed by atoms with E-state index in [0.29, 0.717) is 5.69 Å². The third kappa shape index (κ3) is 1.99. The molecule has 0 atom stereocenters. The van der Waals surface area contributed by atoms with Crippen LogP contribution in [0.1, 0.15) is 5.56 Å². The van der Waals surface area contributed by atoms with Crippen molar-refractivity contribution < 1.29 is 5.21 Å². The van der Waals surface area contributed by atoms with Crippen LogP contribution in [0.25, 0.3) is 11.4 Å². The van der Waals surface area contributed by atoms with E-state index in [2.05, 4.69) is 15.1 Å². The van der Waals surface area contributed by atoms with Crippen LogP contribution in [0.5, 0.6) is 0 Å². The predicted molar refractivity (Wildman–Crippen MR) is 56.8 cm³/mol. The molecule has 4 nitrogen and oxygen atoms in total. The first-order chi connectivity index (χ1) is 7.42. The largest absolute Gasteiger partial charge is 0.411 e. The normalized spacial score (nSPS) is 10.7. The van der Waals surface area contributed by atoms with E-state index in [1.165, 1.54) is 6.21 Å². The topological polar surface area (TPSA) is 58.4 Å². The van der Waals surface area contributed by atoms with Gasteiger partial charge in [-0.25, -0.2) is 0 Å². The fourth-order valence-corrected chi connectivity index (χ4v) is 1.30. The molecule has 1 N–H and O–H groups in total. The average Bonchev–Trinajstić information content (AvgIpc) is 2.31. The summed E-state index contributed by atoms with van der Waals surface area (Å²) in [6.45, 7) is 0. The number of nitrogens with zero attached hydrogens (tertiary/aromatic N) is 3. The summed E-state index contributed by atoms with van der Waals surface area (Å²) in [4.78, 5) is 8.39. The van der Waals surface area contributed by atoms with Crippen molar-refractivity contribution >= 4 is 6.21 Å². The number of pyridine rings is 2. The highest BCUT2D eigenvalue weighted by molar-refractivity contribution is 5.87. The molecular formula is C11H9N3O. The van der Waals surface area contributed by atoms with Gasteiger partial charge in [0.15, 0.2) is 0 Å². The molecule has 0 fully saturated rings. The summed E-state index contributed by atoms with van der Waals surface area (Å²) < 4.78 is 0. The summed E-state index contributed by atoms with van der Waals surface area (Å²) in [6, 6.07) is 9.18. The molecule has 0 unspecified atom stereocenters. The van der Waals surface area contributed by atoms with Crippen LogP contribution in [0.4, 0.5) is 0 Å². The van der Waals surface area contributed by atoms with E-state index < -0.39 is 0 Å². The van der Waals surface area contributed by atoms with Crippen LogP contribution in [0.2, 0.25) is 0 Å². The molecule has 4 heteroatoms. The Morgan fingerprint density at radius 2 is 1.93 bits per heavy atom. The Morgan fingerprint density at radius 3 is 2.67 bits per heavy atom. The average molecular weight is 199 g/mol. The van der Waals surface area contributed by atoms with Gasteiger partial charge in [0.25, 0.3) is 0 Å². The number of rotatable bonds is 2. The minimum atomic E-state index is 0.705. The van der Waals surface area contributed by atoms with Gasteiger partial charge in [-0.15, -0.1) is 0 Å². The third-order valence-electron chi connectivity index (χ3n) is 1.94. The van der Waals surface area contributed by atoms with Crippen LogP contribution in [0, 0.1) is 0 Å². The van der Waals surface area contributed by atoms with E-state index in [1.807, 2.05) is 24.3 Å². The molecule has 2 heterocycles. The second kappa shape index (κ2) is 4.32. The van der Waals surface area contributed by atoms with Crippen molar-refractivity contribution in [3.63, 3.8) is 0 Å². The standard InChI is InChI=1S/C11H9N3O/c15-14-8-9-4-3-7-13-11(9)10-5-1-2-6-12-10/h1-8,15H. The predicted octanol–water partition coefficient (Wildman–Crippen LogP) is 1.95. The third-order valence-corrected chi connectivity index (χ3v) is 1.94. The number of hydrogen-bond donors (Lipinski definition) is 1. The van der Waals surface area contributed by atoms with Crippen molar-refractivity contribution in [1.29, 1.82) is 0 Å². The first kappa shape index (κ1) is 9.33. The zero-order valence-corrected chi connectivity index (χ0v) is 7.91. The zero-order chi connectivity index (χ0) is 10.5. The highest BCUT2D eigenvalue weighted by atomic mass is 16.4. The molecule has 15 heavy (non-hydrogen) atoms. The molecule has 0 aliphatic carbocycles. The summed E-state index contributed by atoms with van der Waals surface area (Å²) in [7, 11) is 0. The van der Waals surface area contributed by atoms with Crippen molar-refractivity contribution in [2.24, 2.45) is 5.16 Å². The molecule has 0 aromatic carbocycles. The van der Waals surface area contributed by atoms with Crippen LogP contribution < -0.4 is 0 Å². The van der Waals surface area contributed by atoms with Gasteiger partial charge in [-0.05, 0) is 24.3 Å². The van der Waals surface area contributed by atoms with Crippen molar-refractivity contribution in [3.8, 4) is 11.4 Å². The molecule has 2 rings (SSSR count). The first-order valence-corrected chi connectivity index (χ1v) is 4.45. The summed E-state index contributed by atoms with van der Waals surface area (Å²) in [5.41, 5.74) is 2.20. The lowest BCUT2D eigenvalue weighted by molar-refractivity contribution is 0.322. The van der Waals surface area contributed by atoms with Gasteiger partial charge in [0.05, 0.1) is 17.6 Å². The van der Waals surface area contributed by atoms with Gasteiger partial charge in [0, 0.05) is 18.0 Å². The first-order valence-electron chi connectivity index (χ1n) is 4.45. The summed E-state index contributed by atoms with van der Waals surface area (Å²) in [6.07, 6.45) is 4.72. The van der Waals surface area contributed by atoms with Gasteiger partial charge in [-0.2, -0.15) is 0 Å². The number of aromatic nitrogens is 2. The minimum Gasteiger partial charge on any atom is -0.411 e. The molecule has 0 amide bonds. The maximum atomic E-state index is 8.51. The van der Waals surface area contributed by atoms with E-state index in [0.717, 1.165) is 11.3 Å². The summed E-state index contributed by atoms with van der Waals surface area (Å²) in [5, 5.41) is 11.5. The Bertz CT molecular complexity index is 468. The van der Waals surface area contributed by atoms with Crippen LogP contribution in [0.3, 0.4) is 0 Å². The Labute approximate surface area is 86.9 Å². The van der Waals surface area contributed by atoms with Gasteiger partial charge in [-0.1, -0.05) is 11.2 Å². The van der Waals surface area contributed by atoms with E-state index in [4.69, 9.17) is 5.21 Å². The lowest BCUT2D eigenvalue weighted by atomic mass is 10.1. The SMILES string of the molecule is ON=Cc1cccnc1-c1ccccn1. The molecule has 0 aliphatic heterocycles. The maximum absolute atomic E-state index is 8.51. The second-order valence-corrected chi connectivity index (χ2v) is 2.90. The Morgan fingerprint density at radius 1 is 1.07 bits per heavy atom. The Hall–Kier alpha value is -2.23. The molecule has 0 saturated heterocycles. The van der Waals surface area contributed by atoms with Crippen molar-refractivity contribution in [2.45, 2.75) is 0 Å². The minimum absolute atomic E-state index is 0.705. The van der Waals surface area contributed by atoms with Gasteiger partial charge in [-0.3, -0.25) is 9.97 Å². The molecule has 0 spiro atoms. The molecule has 0 saturated carbocycles. The van der Waals surface area contributed by atoms with Gasteiger partial charge >= 0.3 is 0 Å². The molecule has 0 bridgehead atoms.